The Labute approximate surface area is 145 Å². The quantitative estimate of drug-likeness (QED) is 0.560. The molecule has 1 N–H and O–H groups in total. The van der Waals surface area contributed by atoms with Gasteiger partial charge in [0, 0.05) is 38.3 Å². The number of piperazine rings is 1. The van der Waals surface area contributed by atoms with Crippen LogP contribution in [0.15, 0.2) is 36.2 Å². The van der Waals surface area contributed by atoms with Gasteiger partial charge in [-0.25, -0.2) is 0 Å². The van der Waals surface area contributed by atoms with E-state index in [9.17, 15) is 22.8 Å². The summed E-state index contributed by atoms with van der Waals surface area (Å²) in [6.45, 7) is 7.35. The van der Waals surface area contributed by atoms with Crippen LogP contribution in [-0.4, -0.2) is 60.4 Å². The molecule has 1 fully saturated rings. The molecule has 5 nitrogen and oxygen atoms in total. The first-order valence-corrected chi connectivity index (χ1v) is 8.05. The lowest BCUT2D eigenvalue weighted by Crippen LogP contribution is -2.46. The average molecular weight is 359 g/mol. The third-order valence-corrected chi connectivity index (χ3v) is 3.56. The summed E-state index contributed by atoms with van der Waals surface area (Å²) in [5.74, 6) is -0.350. The van der Waals surface area contributed by atoms with Crippen LogP contribution in [0.4, 0.5) is 13.2 Å². The Bertz CT molecular complexity index is 568. The van der Waals surface area contributed by atoms with Crippen molar-refractivity contribution in [3.8, 4) is 0 Å². The smallest absolute Gasteiger partial charge is 0.340 e. The first-order valence-electron chi connectivity index (χ1n) is 8.05. The Morgan fingerprint density at radius 1 is 1.32 bits per heavy atom. The highest BCUT2D eigenvalue weighted by Gasteiger charge is 2.26. The van der Waals surface area contributed by atoms with Gasteiger partial charge in [-0.3, -0.25) is 9.59 Å². The largest absolute Gasteiger partial charge is 0.401 e. The van der Waals surface area contributed by atoms with Crippen molar-refractivity contribution in [3.05, 3.63) is 36.2 Å². The van der Waals surface area contributed by atoms with Gasteiger partial charge in [-0.05, 0) is 6.42 Å². The second-order valence-corrected chi connectivity index (χ2v) is 5.68. The van der Waals surface area contributed by atoms with Crippen LogP contribution >= 0.6 is 0 Å². The van der Waals surface area contributed by atoms with Gasteiger partial charge in [0.05, 0.1) is 18.8 Å². The van der Waals surface area contributed by atoms with E-state index in [0.717, 1.165) is 6.42 Å². The van der Waals surface area contributed by atoms with E-state index in [1.165, 1.54) is 19.1 Å². The van der Waals surface area contributed by atoms with Crippen molar-refractivity contribution in [2.75, 3.05) is 32.7 Å². The number of nitrogens with zero attached hydrogens (tertiary/aromatic N) is 2. The molecule has 0 aromatic rings. The number of halogens is 3. The highest BCUT2D eigenvalue weighted by molar-refractivity contribution is 5.93. The van der Waals surface area contributed by atoms with Gasteiger partial charge in [0.2, 0.25) is 5.91 Å². The minimum Gasteiger partial charge on any atom is -0.340 e. The first kappa shape index (κ1) is 21.0. The van der Waals surface area contributed by atoms with Gasteiger partial charge in [-0.15, -0.1) is 0 Å². The molecule has 0 unspecified atom stereocenters. The summed E-state index contributed by atoms with van der Waals surface area (Å²) in [5.41, 5.74) is 1.21. The highest BCUT2D eigenvalue weighted by Crippen LogP contribution is 2.19. The maximum absolute atomic E-state index is 12.1. The number of alkyl halides is 3. The van der Waals surface area contributed by atoms with E-state index in [2.05, 4.69) is 11.9 Å². The summed E-state index contributed by atoms with van der Waals surface area (Å²) in [5, 5.41) is 2.19. The normalized spacial score (nSPS) is 16.7. The predicted molar refractivity (Wildman–Crippen MR) is 89.5 cm³/mol. The molecule has 0 saturated carbocycles. The Morgan fingerprint density at radius 3 is 2.52 bits per heavy atom. The molecular formula is C17H24F3N3O2. The van der Waals surface area contributed by atoms with E-state index >= 15 is 0 Å². The number of rotatable bonds is 7. The topological polar surface area (TPSA) is 52.7 Å². The van der Waals surface area contributed by atoms with Crippen LogP contribution in [0.1, 0.15) is 20.3 Å². The van der Waals surface area contributed by atoms with Gasteiger partial charge in [0.15, 0.2) is 5.78 Å². The van der Waals surface area contributed by atoms with Crippen LogP contribution in [-0.2, 0) is 9.59 Å². The van der Waals surface area contributed by atoms with Gasteiger partial charge >= 0.3 is 6.18 Å². The number of allylic oxidation sites excluding steroid dienone is 2. The number of carbonyl (C=O) groups excluding carboxylic acids is 2. The summed E-state index contributed by atoms with van der Waals surface area (Å²) in [6, 6.07) is 0. The highest BCUT2D eigenvalue weighted by atomic mass is 19.4. The van der Waals surface area contributed by atoms with E-state index in [1.807, 2.05) is 17.9 Å². The molecule has 1 rings (SSSR count). The Morgan fingerprint density at radius 2 is 2.00 bits per heavy atom. The molecule has 1 aliphatic heterocycles. The second kappa shape index (κ2) is 9.41. The molecule has 0 atom stereocenters. The summed E-state index contributed by atoms with van der Waals surface area (Å²) in [6.07, 6.45) is 0.889. The van der Waals surface area contributed by atoms with Gasteiger partial charge in [-0.2, -0.15) is 13.2 Å². The zero-order valence-electron chi connectivity index (χ0n) is 14.5. The van der Waals surface area contributed by atoms with Crippen LogP contribution in [0.3, 0.4) is 0 Å². The van der Waals surface area contributed by atoms with E-state index in [-0.39, 0.29) is 24.8 Å². The van der Waals surface area contributed by atoms with E-state index in [4.69, 9.17) is 0 Å². The minimum absolute atomic E-state index is 0.0418. The molecule has 1 saturated heterocycles. The van der Waals surface area contributed by atoms with Crippen molar-refractivity contribution < 1.29 is 22.8 Å². The molecule has 0 spiro atoms. The molecule has 140 valence electrons. The van der Waals surface area contributed by atoms with E-state index in [1.54, 1.807) is 4.90 Å². The standard InChI is InChI=1S/C17H24F3N3O2/c1-4-6-15(14(3)24)23-10-9-22(11-13(23)2)16(25)7-5-8-21-12-17(18,19)20/h5-7,21H,2,4,8-12H2,1,3H3/b7-5+,15-6-. The van der Waals surface area contributed by atoms with Crippen molar-refractivity contribution in [2.45, 2.75) is 26.4 Å². The van der Waals surface area contributed by atoms with Crippen molar-refractivity contribution in [2.24, 2.45) is 0 Å². The van der Waals surface area contributed by atoms with Crippen LogP contribution in [0.5, 0.6) is 0 Å². The SMILES string of the molecule is C=C1CN(C(=O)/C=C/CNCC(F)(F)F)CCN1/C(=C\CC)C(C)=O. The molecule has 0 bridgehead atoms. The van der Waals surface area contributed by atoms with Gasteiger partial charge in [0.25, 0.3) is 0 Å². The van der Waals surface area contributed by atoms with Crippen molar-refractivity contribution >= 4 is 11.7 Å². The fraction of sp³-hybridized carbons (Fsp3) is 0.529. The summed E-state index contributed by atoms with van der Waals surface area (Å²) in [7, 11) is 0. The fourth-order valence-corrected chi connectivity index (χ4v) is 2.44. The Balaban J connectivity index is 2.53. The monoisotopic (exact) mass is 359 g/mol. The number of carbonyl (C=O) groups is 2. The summed E-state index contributed by atoms with van der Waals surface area (Å²) < 4.78 is 36.0. The maximum Gasteiger partial charge on any atom is 0.401 e. The minimum atomic E-state index is -4.27. The van der Waals surface area contributed by atoms with Crippen molar-refractivity contribution in [1.29, 1.82) is 0 Å². The third-order valence-electron chi connectivity index (χ3n) is 3.56. The summed E-state index contributed by atoms with van der Waals surface area (Å²) in [4.78, 5) is 27.2. The molecule has 1 aliphatic rings. The Hall–Kier alpha value is -2.09. The molecule has 25 heavy (non-hydrogen) atoms. The number of hydrogen-bond donors (Lipinski definition) is 1. The Kier molecular flexibility index (Phi) is 7.89. The number of Topliss-reactive ketones (excluding diaryl/α,β-unsaturated/α-hetero) is 1. The third kappa shape index (κ3) is 7.13. The molecule has 0 radical (unpaired) electrons. The number of amides is 1. The average Bonchev–Trinajstić information content (AvgIpc) is 2.51. The van der Waals surface area contributed by atoms with Crippen molar-refractivity contribution in [1.82, 2.24) is 15.1 Å². The number of ketones is 1. The van der Waals surface area contributed by atoms with Crippen LogP contribution in [0.2, 0.25) is 0 Å². The lowest BCUT2D eigenvalue weighted by atomic mass is 10.1. The second-order valence-electron chi connectivity index (χ2n) is 5.68. The number of hydrogen-bond acceptors (Lipinski definition) is 4. The lowest BCUT2D eigenvalue weighted by molar-refractivity contribution is -0.126. The molecule has 0 aromatic heterocycles. The number of nitrogens with one attached hydrogen (secondary N) is 1. The maximum atomic E-state index is 12.1. The van der Waals surface area contributed by atoms with Gasteiger partial charge < -0.3 is 15.1 Å². The fourth-order valence-electron chi connectivity index (χ4n) is 2.44. The molecule has 1 heterocycles. The van der Waals surface area contributed by atoms with Gasteiger partial charge in [0.1, 0.15) is 0 Å². The zero-order chi connectivity index (χ0) is 19.0. The van der Waals surface area contributed by atoms with Crippen molar-refractivity contribution in [3.63, 3.8) is 0 Å². The molecule has 0 aromatic carbocycles. The molecular weight excluding hydrogens is 335 g/mol. The molecule has 0 aliphatic carbocycles. The van der Waals surface area contributed by atoms with Crippen LogP contribution in [0.25, 0.3) is 0 Å². The zero-order valence-corrected chi connectivity index (χ0v) is 14.5. The molecule has 1 amide bonds. The lowest BCUT2D eigenvalue weighted by Gasteiger charge is -2.38. The van der Waals surface area contributed by atoms with E-state index < -0.39 is 12.7 Å². The van der Waals surface area contributed by atoms with Gasteiger partial charge in [-0.1, -0.05) is 25.7 Å². The van der Waals surface area contributed by atoms with E-state index in [0.29, 0.717) is 24.5 Å². The summed E-state index contributed by atoms with van der Waals surface area (Å²) >= 11 is 0. The van der Waals surface area contributed by atoms with Crippen LogP contribution in [0, 0.1) is 0 Å². The van der Waals surface area contributed by atoms with Crippen LogP contribution < -0.4 is 5.32 Å². The molecule has 8 heteroatoms. The first-order chi connectivity index (χ1) is 11.7. The predicted octanol–water partition coefficient (Wildman–Crippen LogP) is 2.24.